The molecule has 0 aromatic heterocycles. The van der Waals surface area contributed by atoms with Crippen LogP contribution in [0.25, 0.3) is 0 Å². The van der Waals surface area contributed by atoms with Crippen molar-refractivity contribution in [3.05, 3.63) is 35.4 Å². The molecule has 1 amide bonds. The highest BCUT2D eigenvalue weighted by molar-refractivity contribution is 5.85. The lowest BCUT2D eigenvalue weighted by molar-refractivity contribution is -0.134. The Balaban J connectivity index is 0.00000182. The first-order valence-corrected chi connectivity index (χ1v) is 9.88. The van der Waals surface area contributed by atoms with Gasteiger partial charge in [0.2, 0.25) is 5.91 Å². The van der Waals surface area contributed by atoms with E-state index in [1.54, 1.807) is 0 Å². The van der Waals surface area contributed by atoms with Gasteiger partial charge < -0.3 is 10.2 Å². The number of benzene rings is 1. The summed E-state index contributed by atoms with van der Waals surface area (Å²) in [5, 5.41) is 3.41. The molecule has 27 heavy (non-hydrogen) atoms. The first-order chi connectivity index (χ1) is 12.1. The molecule has 1 aromatic carbocycles. The van der Waals surface area contributed by atoms with Gasteiger partial charge in [0.05, 0.1) is 0 Å². The fourth-order valence-corrected chi connectivity index (χ4v) is 4.21. The molecule has 2 fully saturated rings. The summed E-state index contributed by atoms with van der Waals surface area (Å²) in [6.45, 7) is 11.4. The number of hydrogen-bond donors (Lipinski definition) is 1. The predicted octanol–water partition coefficient (Wildman–Crippen LogP) is 3.51. The predicted molar refractivity (Wildman–Crippen MR) is 117 cm³/mol. The molecule has 0 saturated carbocycles. The van der Waals surface area contributed by atoms with Crippen molar-refractivity contribution in [2.75, 3.05) is 39.3 Å². The van der Waals surface area contributed by atoms with Gasteiger partial charge in [0.25, 0.3) is 0 Å². The summed E-state index contributed by atoms with van der Waals surface area (Å²) in [4.78, 5) is 17.2. The van der Waals surface area contributed by atoms with Gasteiger partial charge in [-0.2, -0.15) is 0 Å². The average molecular weight is 416 g/mol. The van der Waals surface area contributed by atoms with Crippen molar-refractivity contribution < 1.29 is 4.79 Å². The summed E-state index contributed by atoms with van der Waals surface area (Å²) in [5.41, 5.74) is 2.69. The molecule has 2 aliphatic heterocycles. The zero-order valence-electron chi connectivity index (χ0n) is 16.7. The quantitative estimate of drug-likeness (QED) is 0.798. The number of carbonyl (C=O) groups excluding carboxylic acids is 1. The number of aryl methyl sites for hydroxylation is 1. The van der Waals surface area contributed by atoms with Crippen LogP contribution in [0.5, 0.6) is 0 Å². The Morgan fingerprint density at radius 1 is 1.15 bits per heavy atom. The van der Waals surface area contributed by atoms with Gasteiger partial charge in [0.15, 0.2) is 0 Å². The van der Waals surface area contributed by atoms with Gasteiger partial charge in [0.1, 0.15) is 0 Å². The largest absolute Gasteiger partial charge is 0.340 e. The molecule has 2 heterocycles. The van der Waals surface area contributed by atoms with Crippen molar-refractivity contribution in [3.8, 4) is 0 Å². The highest BCUT2D eigenvalue weighted by Gasteiger charge is 2.26. The standard InChI is InChI=1S/C21H33N3O.2ClH/c1-17-4-3-5-19(14-17)16-23-10-12-24(13-11-23)21(25)15-18(2)20-6-8-22-9-7-20;;/h3-5,14,18,20,22H,6-13,15-16H2,1-2H3;2*1H. The number of piperidine rings is 1. The monoisotopic (exact) mass is 415 g/mol. The van der Waals surface area contributed by atoms with E-state index in [2.05, 4.69) is 53.2 Å². The maximum absolute atomic E-state index is 12.7. The summed E-state index contributed by atoms with van der Waals surface area (Å²) in [5.74, 6) is 1.59. The number of piperazine rings is 1. The third kappa shape index (κ3) is 7.26. The van der Waals surface area contributed by atoms with E-state index in [4.69, 9.17) is 0 Å². The van der Waals surface area contributed by atoms with Crippen LogP contribution in [0.15, 0.2) is 24.3 Å². The minimum atomic E-state index is 0. The van der Waals surface area contributed by atoms with Crippen LogP contribution in [0.2, 0.25) is 0 Å². The van der Waals surface area contributed by atoms with Crippen LogP contribution in [-0.4, -0.2) is 55.0 Å². The van der Waals surface area contributed by atoms with E-state index >= 15 is 0 Å². The fraction of sp³-hybridized carbons (Fsp3) is 0.667. The van der Waals surface area contributed by atoms with E-state index in [1.165, 1.54) is 24.0 Å². The molecule has 2 aliphatic rings. The number of carbonyl (C=O) groups is 1. The number of rotatable bonds is 5. The topological polar surface area (TPSA) is 35.6 Å². The van der Waals surface area contributed by atoms with Crippen molar-refractivity contribution in [2.45, 2.75) is 39.7 Å². The van der Waals surface area contributed by atoms with Gasteiger partial charge in [-0.3, -0.25) is 9.69 Å². The first-order valence-electron chi connectivity index (χ1n) is 9.88. The van der Waals surface area contributed by atoms with Gasteiger partial charge >= 0.3 is 0 Å². The average Bonchev–Trinajstić information content (AvgIpc) is 2.63. The van der Waals surface area contributed by atoms with Gasteiger partial charge in [-0.05, 0) is 50.3 Å². The molecule has 3 rings (SSSR count). The molecule has 1 aromatic rings. The second-order valence-electron chi connectivity index (χ2n) is 7.91. The van der Waals surface area contributed by atoms with Crippen molar-refractivity contribution in [3.63, 3.8) is 0 Å². The highest BCUT2D eigenvalue weighted by Crippen LogP contribution is 2.25. The van der Waals surface area contributed by atoms with Crippen molar-refractivity contribution in [2.24, 2.45) is 11.8 Å². The van der Waals surface area contributed by atoms with E-state index < -0.39 is 0 Å². The molecule has 154 valence electrons. The van der Waals surface area contributed by atoms with Crippen LogP contribution >= 0.6 is 24.8 Å². The molecule has 1 unspecified atom stereocenters. The van der Waals surface area contributed by atoms with Crippen LogP contribution in [0, 0.1) is 18.8 Å². The molecule has 0 spiro atoms. The van der Waals surface area contributed by atoms with Crippen LogP contribution in [0.3, 0.4) is 0 Å². The maximum Gasteiger partial charge on any atom is 0.222 e. The Labute approximate surface area is 176 Å². The van der Waals surface area contributed by atoms with Crippen LogP contribution in [0.4, 0.5) is 0 Å². The van der Waals surface area contributed by atoms with Crippen LogP contribution in [-0.2, 0) is 11.3 Å². The number of amides is 1. The Hall–Kier alpha value is -0.810. The van der Waals surface area contributed by atoms with Gasteiger partial charge in [-0.1, -0.05) is 36.8 Å². The Morgan fingerprint density at radius 3 is 2.44 bits per heavy atom. The Morgan fingerprint density at radius 2 is 1.81 bits per heavy atom. The van der Waals surface area contributed by atoms with Gasteiger partial charge in [-0.25, -0.2) is 0 Å². The fourth-order valence-electron chi connectivity index (χ4n) is 4.21. The maximum atomic E-state index is 12.7. The van der Waals surface area contributed by atoms with E-state index in [1.807, 2.05) is 0 Å². The lowest BCUT2D eigenvalue weighted by atomic mass is 9.84. The molecular weight excluding hydrogens is 381 g/mol. The zero-order chi connectivity index (χ0) is 17.6. The lowest BCUT2D eigenvalue weighted by Crippen LogP contribution is -2.48. The Kier molecular flexibility index (Phi) is 10.7. The smallest absolute Gasteiger partial charge is 0.222 e. The van der Waals surface area contributed by atoms with Gasteiger partial charge in [0, 0.05) is 39.1 Å². The summed E-state index contributed by atoms with van der Waals surface area (Å²) >= 11 is 0. The molecule has 6 heteroatoms. The third-order valence-electron chi connectivity index (χ3n) is 5.90. The van der Waals surface area contributed by atoms with Crippen molar-refractivity contribution in [1.29, 1.82) is 0 Å². The number of nitrogens with one attached hydrogen (secondary N) is 1. The Bertz CT molecular complexity index is 570. The van der Waals surface area contributed by atoms with E-state index in [0.717, 1.165) is 52.2 Å². The first kappa shape index (κ1) is 24.2. The zero-order valence-corrected chi connectivity index (χ0v) is 18.3. The number of nitrogens with zero attached hydrogens (tertiary/aromatic N) is 2. The van der Waals surface area contributed by atoms with E-state index in [0.29, 0.717) is 17.7 Å². The number of halogens is 2. The number of hydrogen-bond acceptors (Lipinski definition) is 3. The lowest BCUT2D eigenvalue weighted by Gasteiger charge is -2.36. The molecule has 2 saturated heterocycles. The SMILES string of the molecule is Cc1cccc(CN2CCN(C(=O)CC(C)C3CCNCC3)CC2)c1.Cl.Cl. The van der Waals surface area contributed by atoms with E-state index in [9.17, 15) is 4.79 Å². The summed E-state index contributed by atoms with van der Waals surface area (Å²) < 4.78 is 0. The minimum Gasteiger partial charge on any atom is -0.340 e. The molecular formula is C21H35Cl2N3O. The second kappa shape index (κ2) is 11.9. The highest BCUT2D eigenvalue weighted by atomic mass is 35.5. The van der Waals surface area contributed by atoms with Gasteiger partial charge in [-0.15, -0.1) is 24.8 Å². The van der Waals surface area contributed by atoms with Crippen LogP contribution in [0.1, 0.15) is 37.3 Å². The normalized spacial score (nSPS) is 19.7. The molecule has 0 aliphatic carbocycles. The van der Waals surface area contributed by atoms with E-state index in [-0.39, 0.29) is 24.8 Å². The molecule has 4 nitrogen and oxygen atoms in total. The van der Waals surface area contributed by atoms with Crippen molar-refractivity contribution >= 4 is 30.7 Å². The molecule has 1 atom stereocenters. The third-order valence-corrected chi connectivity index (χ3v) is 5.90. The van der Waals surface area contributed by atoms with Crippen molar-refractivity contribution in [1.82, 2.24) is 15.1 Å². The van der Waals surface area contributed by atoms with Crippen LogP contribution < -0.4 is 5.32 Å². The minimum absolute atomic E-state index is 0. The second-order valence-corrected chi connectivity index (χ2v) is 7.91. The summed E-state index contributed by atoms with van der Waals surface area (Å²) in [6.07, 6.45) is 3.17. The molecule has 0 bridgehead atoms. The molecule has 0 radical (unpaired) electrons. The molecule has 1 N–H and O–H groups in total. The summed E-state index contributed by atoms with van der Waals surface area (Å²) in [7, 11) is 0. The summed E-state index contributed by atoms with van der Waals surface area (Å²) in [6, 6.07) is 8.74.